The first-order valence-electron chi connectivity index (χ1n) is 11.3. The summed E-state index contributed by atoms with van der Waals surface area (Å²) >= 11 is 0. The fraction of sp³-hybridized carbons (Fsp3) is 0.308. The topological polar surface area (TPSA) is 75.7 Å². The van der Waals surface area contributed by atoms with Crippen LogP contribution in [0.2, 0.25) is 0 Å². The van der Waals surface area contributed by atoms with Crippen LogP contribution in [0.5, 0.6) is 11.5 Å². The maximum Gasteiger partial charge on any atom is 0.251 e. The number of aromatic nitrogens is 1. The molecule has 1 saturated heterocycles. The summed E-state index contributed by atoms with van der Waals surface area (Å²) in [7, 11) is 0. The minimum atomic E-state index is -0.149. The summed E-state index contributed by atoms with van der Waals surface area (Å²) in [6.07, 6.45) is 0. The van der Waals surface area contributed by atoms with Crippen LogP contribution in [0.1, 0.15) is 28.5 Å². The molecule has 33 heavy (non-hydrogen) atoms. The van der Waals surface area contributed by atoms with Gasteiger partial charge in [0.2, 0.25) is 6.79 Å². The normalized spacial score (nSPS) is 17.7. The maximum absolute atomic E-state index is 12.6. The van der Waals surface area contributed by atoms with Crippen LogP contribution in [0, 0.1) is 0 Å². The van der Waals surface area contributed by atoms with Crippen molar-refractivity contribution in [2.24, 2.45) is 0 Å². The minimum absolute atomic E-state index is 0.149. The highest BCUT2D eigenvalue weighted by Crippen LogP contribution is 2.32. The van der Waals surface area contributed by atoms with E-state index in [0.717, 1.165) is 48.7 Å². The molecule has 3 aromatic rings. The molecule has 0 spiro atoms. The van der Waals surface area contributed by atoms with Gasteiger partial charge in [-0.1, -0.05) is 24.3 Å². The van der Waals surface area contributed by atoms with E-state index in [0.29, 0.717) is 29.6 Å². The molecular formula is C26H28N4O3. The molecule has 7 nitrogen and oxygen atoms in total. The average molecular weight is 445 g/mol. The molecule has 5 rings (SSSR count). The van der Waals surface area contributed by atoms with Gasteiger partial charge in [0.25, 0.3) is 5.91 Å². The number of rotatable bonds is 6. The van der Waals surface area contributed by atoms with Crippen LogP contribution >= 0.6 is 0 Å². The first kappa shape index (κ1) is 21.4. The van der Waals surface area contributed by atoms with E-state index in [4.69, 9.17) is 14.5 Å². The number of piperazine rings is 1. The number of hydrogen-bond donors (Lipinski definition) is 2. The van der Waals surface area contributed by atoms with E-state index >= 15 is 0 Å². The average Bonchev–Trinajstić information content (AvgIpc) is 3.31. The largest absolute Gasteiger partial charge is 0.454 e. The van der Waals surface area contributed by atoms with E-state index in [1.54, 1.807) is 18.2 Å². The van der Waals surface area contributed by atoms with Crippen LogP contribution in [-0.2, 0) is 13.1 Å². The van der Waals surface area contributed by atoms with Crippen LogP contribution in [0.3, 0.4) is 0 Å². The van der Waals surface area contributed by atoms with Gasteiger partial charge in [0.1, 0.15) is 0 Å². The zero-order valence-corrected chi connectivity index (χ0v) is 18.7. The highest BCUT2D eigenvalue weighted by Gasteiger charge is 2.17. The number of nitrogens with one attached hydrogen (secondary N) is 2. The molecular weight excluding hydrogens is 416 g/mol. The third-order valence-corrected chi connectivity index (χ3v) is 5.96. The predicted molar refractivity (Wildman–Crippen MR) is 126 cm³/mol. The maximum atomic E-state index is 12.6. The van der Waals surface area contributed by atoms with Crippen molar-refractivity contribution in [2.75, 3.05) is 26.4 Å². The molecule has 1 fully saturated rings. The van der Waals surface area contributed by atoms with Crippen LogP contribution < -0.4 is 20.1 Å². The van der Waals surface area contributed by atoms with E-state index < -0.39 is 0 Å². The lowest BCUT2D eigenvalue weighted by Crippen LogP contribution is -2.48. The van der Waals surface area contributed by atoms with Gasteiger partial charge in [-0.3, -0.25) is 14.7 Å². The predicted octanol–water partition coefficient (Wildman–Crippen LogP) is 3.20. The molecule has 3 heterocycles. The van der Waals surface area contributed by atoms with E-state index in [2.05, 4.69) is 46.7 Å². The summed E-state index contributed by atoms with van der Waals surface area (Å²) in [5, 5.41) is 6.47. The molecule has 170 valence electrons. The first-order valence-corrected chi connectivity index (χ1v) is 11.3. The van der Waals surface area contributed by atoms with Crippen molar-refractivity contribution < 1.29 is 14.3 Å². The van der Waals surface area contributed by atoms with Gasteiger partial charge in [-0.25, -0.2) is 0 Å². The van der Waals surface area contributed by atoms with E-state index in [1.165, 1.54) is 0 Å². The molecule has 2 aromatic carbocycles. The molecule has 1 aromatic heterocycles. The van der Waals surface area contributed by atoms with Gasteiger partial charge >= 0.3 is 0 Å². The van der Waals surface area contributed by atoms with Gasteiger partial charge in [0, 0.05) is 49.9 Å². The molecule has 1 amide bonds. The highest BCUT2D eigenvalue weighted by molar-refractivity contribution is 5.94. The summed E-state index contributed by atoms with van der Waals surface area (Å²) < 4.78 is 10.7. The molecule has 2 aliphatic heterocycles. The second-order valence-electron chi connectivity index (χ2n) is 8.56. The zero-order chi connectivity index (χ0) is 22.6. The molecule has 1 atom stereocenters. The Hall–Kier alpha value is -3.42. The molecule has 0 radical (unpaired) electrons. The van der Waals surface area contributed by atoms with Gasteiger partial charge in [0.15, 0.2) is 11.5 Å². The quantitative estimate of drug-likeness (QED) is 0.608. The van der Waals surface area contributed by atoms with Crippen LogP contribution in [0.4, 0.5) is 0 Å². The number of nitrogens with zero attached hydrogens (tertiary/aromatic N) is 2. The van der Waals surface area contributed by atoms with Gasteiger partial charge < -0.3 is 20.1 Å². The molecule has 0 saturated carbocycles. The number of benzene rings is 2. The molecule has 7 heteroatoms. The summed E-state index contributed by atoms with van der Waals surface area (Å²) in [5.74, 6) is 1.12. The third kappa shape index (κ3) is 5.16. The van der Waals surface area contributed by atoms with Crippen LogP contribution in [-0.4, -0.2) is 48.3 Å². The molecule has 0 aliphatic carbocycles. The second-order valence-corrected chi connectivity index (χ2v) is 8.56. The molecule has 0 bridgehead atoms. The fourth-order valence-corrected chi connectivity index (χ4v) is 4.28. The molecule has 2 aliphatic rings. The number of pyridine rings is 1. The Morgan fingerprint density at radius 3 is 2.91 bits per heavy atom. The van der Waals surface area contributed by atoms with Crippen molar-refractivity contribution in [3.05, 3.63) is 77.5 Å². The Labute approximate surface area is 193 Å². The first-order chi connectivity index (χ1) is 16.1. The van der Waals surface area contributed by atoms with Crippen molar-refractivity contribution in [3.63, 3.8) is 0 Å². The molecule has 2 N–H and O–H groups in total. The Bertz CT molecular complexity index is 1150. The Balaban J connectivity index is 1.24. The van der Waals surface area contributed by atoms with Crippen molar-refractivity contribution in [1.29, 1.82) is 0 Å². The summed E-state index contributed by atoms with van der Waals surface area (Å²) in [6, 6.07) is 20.1. The van der Waals surface area contributed by atoms with Crippen molar-refractivity contribution in [3.8, 4) is 22.8 Å². The standard InChI is InChI=1S/C26H28N4O3/c1-18-15-30(11-10-27-18)16-22-6-3-7-23(29-22)20-5-2-4-19(12-20)14-28-26(31)21-8-9-24-25(13-21)33-17-32-24/h2-9,12-13,18,27H,10-11,14-17H2,1H3,(H,28,31). The van der Waals surface area contributed by atoms with Gasteiger partial charge in [-0.2, -0.15) is 0 Å². The van der Waals surface area contributed by atoms with E-state index in [-0.39, 0.29) is 12.7 Å². The number of hydrogen-bond acceptors (Lipinski definition) is 6. The lowest BCUT2D eigenvalue weighted by atomic mass is 10.1. The second kappa shape index (κ2) is 9.60. The minimum Gasteiger partial charge on any atom is -0.454 e. The van der Waals surface area contributed by atoms with Crippen LogP contribution in [0.15, 0.2) is 60.7 Å². The number of carbonyl (C=O) groups is 1. The smallest absolute Gasteiger partial charge is 0.251 e. The Morgan fingerprint density at radius 2 is 2.00 bits per heavy atom. The summed E-state index contributed by atoms with van der Waals surface area (Å²) in [5.41, 5.74) is 4.62. The van der Waals surface area contributed by atoms with E-state index in [1.807, 2.05) is 18.2 Å². The summed E-state index contributed by atoms with van der Waals surface area (Å²) in [4.78, 5) is 19.9. The van der Waals surface area contributed by atoms with Crippen molar-refractivity contribution >= 4 is 5.91 Å². The number of fused-ring (bicyclic) bond motifs is 1. The third-order valence-electron chi connectivity index (χ3n) is 5.96. The van der Waals surface area contributed by atoms with Gasteiger partial charge in [-0.15, -0.1) is 0 Å². The fourth-order valence-electron chi connectivity index (χ4n) is 4.28. The van der Waals surface area contributed by atoms with Crippen molar-refractivity contribution in [2.45, 2.75) is 26.1 Å². The number of carbonyl (C=O) groups excluding carboxylic acids is 1. The number of amides is 1. The highest BCUT2D eigenvalue weighted by atomic mass is 16.7. The number of ether oxygens (including phenoxy) is 2. The lowest BCUT2D eigenvalue weighted by Gasteiger charge is -2.31. The SMILES string of the molecule is CC1CN(Cc2cccc(-c3cccc(CNC(=O)c4ccc5c(c4)OCO5)c3)n2)CCN1. The Kier molecular flexibility index (Phi) is 6.24. The summed E-state index contributed by atoms with van der Waals surface area (Å²) in [6.45, 7) is 6.77. The Morgan fingerprint density at radius 1 is 1.12 bits per heavy atom. The molecule has 1 unspecified atom stereocenters. The van der Waals surface area contributed by atoms with Crippen LogP contribution in [0.25, 0.3) is 11.3 Å². The van der Waals surface area contributed by atoms with Crippen molar-refractivity contribution in [1.82, 2.24) is 20.5 Å². The van der Waals surface area contributed by atoms with Gasteiger partial charge in [-0.05, 0) is 48.9 Å². The monoisotopic (exact) mass is 444 g/mol. The van der Waals surface area contributed by atoms with Gasteiger partial charge in [0.05, 0.1) is 11.4 Å². The lowest BCUT2D eigenvalue weighted by molar-refractivity contribution is 0.0950. The van der Waals surface area contributed by atoms with E-state index in [9.17, 15) is 4.79 Å². The zero-order valence-electron chi connectivity index (χ0n) is 18.7.